The predicted octanol–water partition coefficient (Wildman–Crippen LogP) is 2.09. The Morgan fingerprint density at radius 2 is 2.28 bits per heavy atom. The largest absolute Gasteiger partial charge is 0.494 e. The van der Waals surface area contributed by atoms with Gasteiger partial charge in [0.2, 0.25) is 0 Å². The SMILES string of the molecule is COc1cc(N(C)CCC#N)c([N+](=O)[O-])cc1F. The van der Waals surface area contributed by atoms with Gasteiger partial charge in [0, 0.05) is 19.7 Å². The molecular formula is C11H12FN3O3. The summed E-state index contributed by atoms with van der Waals surface area (Å²) in [7, 11) is 2.88. The molecular weight excluding hydrogens is 241 g/mol. The lowest BCUT2D eigenvalue weighted by Crippen LogP contribution is -2.19. The first-order valence-electron chi connectivity index (χ1n) is 5.11. The summed E-state index contributed by atoms with van der Waals surface area (Å²) in [6.45, 7) is 0.312. The molecule has 0 fully saturated rings. The van der Waals surface area contributed by atoms with Gasteiger partial charge in [-0.05, 0) is 0 Å². The van der Waals surface area contributed by atoms with E-state index in [2.05, 4.69) is 0 Å². The second-order valence-corrected chi connectivity index (χ2v) is 3.56. The predicted molar refractivity (Wildman–Crippen MR) is 63.1 cm³/mol. The van der Waals surface area contributed by atoms with E-state index in [1.165, 1.54) is 18.1 Å². The zero-order chi connectivity index (χ0) is 13.7. The minimum Gasteiger partial charge on any atom is -0.494 e. The van der Waals surface area contributed by atoms with E-state index in [-0.39, 0.29) is 23.5 Å². The van der Waals surface area contributed by atoms with E-state index in [0.717, 1.165) is 6.07 Å². The molecule has 6 nitrogen and oxygen atoms in total. The quantitative estimate of drug-likeness (QED) is 0.593. The van der Waals surface area contributed by atoms with Crippen LogP contribution in [0, 0.1) is 27.3 Å². The molecule has 0 bridgehead atoms. The summed E-state index contributed by atoms with van der Waals surface area (Å²) in [5.74, 6) is -0.860. The fourth-order valence-electron chi connectivity index (χ4n) is 1.48. The normalized spacial score (nSPS) is 9.67. The van der Waals surface area contributed by atoms with Gasteiger partial charge in [-0.25, -0.2) is 4.39 Å². The van der Waals surface area contributed by atoms with Crippen LogP contribution in [0.25, 0.3) is 0 Å². The molecule has 1 aromatic rings. The highest BCUT2D eigenvalue weighted by Crippen LogP contribution is 2.33. The van der Waals surface area contributed by atoms with Gasteiger partial charge in [0.15, 0.2) is 11.6 Å². The van der Waals surface area contributed by atoms with Crippen molar-refractivity contribution in [3.8, 4) is 11.8 Å². The molecule has 0 atom stereocenters. The van der Waals surface area contributed by atoms with Crippen LogP contribution in [0.5, 0.6) is 5.75 Å². The van der Waals surface area contributed by atoms with Gasteiger partial charge < -0.3 is 9.64 Å². The summed E-state index contributed by atoms with van der Waals surface area (Å²) in [5, 5.41) is 19.3. The van der Waals surface area contributed by atoms with Gasteiger partial charge in [0.25, 0.3) is 5.69 Å². The molecule has 0 saturated carbocycles. The maximum absolute atomic E-state index is 13.4. The summed E-state index contributed by atoms with van der Waals surface area (Å²) >= 11 is 0. The van der Waals surface area contributed by atoms with Crippen LogP contribution in [-0.2, 0) is 0 Å². The van der Waals surface area contributed by atoms with E-state index in [1.807, 2.05) is 6.07 Å². The fourth-order valence-corrected chi connectivity index (χ4v) is 1.48. The molecule has 18 heavy (non-hydrogen) atoms. The van der Waals surface area contributed by atoms with Crippen molar-refractivity contribution in [1.82, 2.24) is 0 Å². The third kappa shape index (κ3) is 2.85. The van der Waals surface area contributed by atoms with Crippen LogP contribution < -0.4 is 9.64 Å². The first-order valence-corrected chi connectivity index (χ1v) is 5.11. The number of nitro groups is 1. The Morgan fingerprint density at radius 3 is 2.78 bits per heavy atom. The molecule has 0 aromatic heterocycles. The highest BCUT2D eigenvalue weighted by molar-refractivity contribution is 5.65. The lowest BCUT2D eigenvalue weighted by atomic mass is 10.2. The summed E-state index contributed by atoms with van der Waals surface area (Å²) < 4.78 is 18.2. The van der Waals surface area contributed by atoms with Crippen molar-refractivity contribution in [3.63, 3.8) is 0 Å². The number of nitrogens with zero attached hydrogens (tertiary/aromatic N) is 3. The summed E-state index contributed by atoms with van der Waals surface area (Å²) in [4.78, 5) is 11.7. The summed E-state index contributed by atoms with van der Waals surface area (Å²) in [6, 6.07) is 4.01. The Hall–Kier alpha value is -2.36. The minimum atomic E-state index is -0.790. The number of hydrogen-bond donors (Lipinski definition) is 0. The highest BCUT2D eigenvalue weighted by Gasteiger charge is 2.21. The molecule has 0 aliphatic carbocycles. The van der Waals surface area contributed by atoms with Crippen LogP contribution in [0.4, 0.5) is 15.8 Å². The molecule has 7 heteroatoms. The molecule has 0 amide bonds. The smallest absolute Gasteiger partial charge is 0.295 e. The van der Waals surface area contributed by atoms with Crippen molar-refractivity contribution in [2.24, 2.45) is 0 Å². The van der Waals surface area contributed by atoms with E-state index >= 15 is 0 Å². The number of benzene rings is 1. The van der Waals surface area contributed by atoms with Gasteiger partial charge in [0.1, 0.15) is 5.69 Å². The van der Waals surface area contributed by atoms with Crippen LogP contribution in [-0.4, -0.2) is 25.6 Å². The van der Waals surface area contributed by atoms with Crippen LogP contribution in [0.2, 0.25) is 0 Å². The Bertz CT molecular complexity index is 499. The van der Waals surface area contributed by atoms with Crippen molar-refractivity contribution in [1.29, 1.82) is 5.26 Å². The molecule has 0 saturated heterocycles. The summed E-state index contributed by atoms with van der Waals surface area (Å²) in [6.07, 6.45) is 0.216. The molecule has 0 aliphatic heterocycles. The first-order chi connectivity index (χ1) is 8.51. The second-order valence-electron chi connectivity index (χ2n) is 3.56. The van der Waals surface area contributed by atoms with Crippen molar-refractivity contribution >= 4 is 11.4 Å². The van der Waals surface area contributed by atoms with Crippen molar-refractivity contribution in [3.05, 3.63) is 28.1 Å². The Balaban J connectivity index is 3.22. The number of hydrogen-bond acceptors (Lipinski definition) is 5. The molecule has 96 valence electrons. The van der Waals surface area contributed by atoms with Gasteiger partial charge in [0.05, 0.1) is 30.6 Å². The average molecular weight is 253 g/mol. The van der Waals surface area contributed by atoms with Gasteiger partial charge in [-0.2, -0.15) is 5.26 Å². The number of ether oxygens (including phenoxy) is 1. The number of rotatable bonds is 5. The molecule has 0 aliphatic rings. The van der Waals surface area contributed by atoms with E-state index in [1.54, 1.807) is 7.05 Å². The monoisotopic (exact) mass is 253 g/mol. The Kier molecular flexibility index (Phi) is 4.43. The second kappa shape index (κ2) is 5.82. The molecule has 1 rings (SSSR count). The van der Waals surface area contributed by atoms with Crippen LogP contribution in [0.3, 0.4) is 0 Å². The van der Waals surface area contributed by atoms with E-state index < -0.39 is 10.7 Å². The number of halogens is 1. The van der Waals surface area contributed by atoms with Crippen molar-refractivity contribution in [2.45, 2.75) is 6.42 Å². The third-order valence-corrected chi connectivity index (χ3v) is 2.42. The minimum absolute atomic E-state index is 0.0700. The number of anilines is 1. The van der Waals surface area contributed by atoms with Gasteiger partial charge in [-0.3, -0.25) is 10.1 Å². The van der Waals surface area contributed by atoms with Crippen LogP contribution in [0.1, 0.15) is 6.42 Å². The summed E-state index contributed by atoms with van der Waals surface area (Å²) in [5.41, 5.74) is -0.137. The first kappa shape index (κ1) is 13.7. The van der Waals surface area contributed by atoms with Gasteiger partial charge >= 0.3 is 0 Å². The lowest BCUT2D eigenvalue weighted by molar-refractivity contribution is -0.384. The highest BCUT2D eigenvalue weighted by atomic mass is 19.1. The fraction of sp³-hybridized carbons (Fsp3) is 0.364. The number of nitriles is 1. The average Bonchev–Trinajstić information content (AvgIpc) is 2.35. The van der Waals surface area contributed by atoms with E-state index in [0.29, 0.717) is 6.54 Å². The molecule has 0 radical (unpaired) electrons. The van der Waals surface area contributed by atoms with E-state index in [4.69, 9.17) is 10.00 Å². The van der Waals surface area contributed by atoms with Gasteiger partial charge in [-0.1, -0.05) is 0 Å². The molecule has 0 spiro atoms. The van der Waals surface area contributed by atoms with Crippen molar-refractivity contribution in [2.75, 3.05) is 25.6 Å². The Labute approximate surface area is 103 Å². The third-order valence-electron chi connectivity index (χ3n) is 2.42. The van der Waals surface area contributed by atoms with Crippen LogP contribution >= 0.6 is 0 Å². The standard InChI is InChI=1S/C11H12FN3O3/c1-14(5-3-4-13)9-7-11(18-2)8(12)6-10(9)15(16)17/h6-7H,3,5H2,1-2H3. The topological polar surface area (TPSA) is 79.4 Å². The van der Waals surface area contributed by atoms with Gasteiger partial charge in [-0.15, -0.1) is 0 Å². The van der Waals surface area contributed by atoms with Crippen molar-refractivity contribution < 1.29 is 14.1 Å². The van der Waals surface area contributed by atoms with E-state index in [9.17, 15) is 14.5 Å². The lowest BCUT2D eigenvalue weighted by Gasteiger charge is -2.18. The zero-order valence-corrected chi connectivity index (χ0v) is 10.0. The molecule has 0 heterocycles. The molecule has 1 aromatic carbocycles. The molecule has 0 N–H and O–H groups in total. The zero-order valence-electron chi connectivity index (χ0n) is 10.0. The maximum Gasteiger partial charge on any atom is 0.295 e. The van der Waals surface area contributed by atoms with Crippen LogP contribution in [0.15, 0.2) is 12.1 Å². The molecule has 0 unspecified atom stereocenters. The number of nitro benzene ring substituents is 1. The maximum atomic E-state index is 13.4. The number of methoxy groups -OCH3 is 1. The Morgan fingerprint density at radius 1 is 1.61 bits per heavy atom.